The Labute approximate surface area is 188 Å². The lowest BCUT2D eigenvalue weighted by Crippen LogP contribution is -2.35. The average molecular weight is 426 g/mol. The minimum absolute atomic E-state index is 0.0538. The zero-order valence-corrected chi connectivity index (χ0v) is 18.4. The Hall–Kier alpha value is -3.50. The Morgan fingerprint density at radius 2 is 1.59 bits per heavy atom. The molecule has 0 aromatic heterocycles. The number of phenolic OH excluding ortho intramolecular Hbond substituents is 1. The molecule has 0 amide bonds. The highest BCUT2D eigenvalue weighted by molar-refractivity contribution is 5.87. The molecule has 1 aliphatic heterocycles. The summed E-state index contributed by atoms with van der Waals surface area (Å²) in [6.07, 6.45) is 0.907. The van der Waals surface area contributed by atoms with E-state index in [9.17, 15) is 5.11 Å². The van der Waals surface area contributed by atoms with Crippen LogP contribution < -0.4 is 9.47 Å². The average Bonchev–Trinajstić information content (AvgIpc) is 2.85. The summed E-state index contributed by atoms with van der Waals surface area (Å²) in [6.45, 7) is 1.53. The van der Waals surface area contributed by atoms with Gasteiger partial charge in [-0.3, -0.25) is 4.90 Å². The van der Waals surface area contributed by atoms with E-state index in [1.54, 1.807) is 20.3 Å². The van der Waals surface area contributed by atoms with Crippen molar-refractivity contribution < 1.29 is 14.6 Å². The van der Waals surface area contributed by atoms with Gasteiger partial charge in [-0.05, 0) is 52.1 Å². The zero-order chi connectivity index (χ0) is 22.1. The number of aromatic hydroxyl groups is 1. The Balaban J connectivity index is 1.63. The smallest absolute Gasteiger partial charge is 0.161 e. The van der Waals surface area contributed by atoms with E-state index in [1.807, 2.05) is 24.3 Å². The monoisotopic (exact) mass is 425 g/mol. The highest BCUT2D eigenvalue weighted by Gasteiger charge is 2.31. The van der Waals surface area contributed by atoms with E-state index in [4.69, 9.17) is 9.47 Å². The van der Waals surface area contributed by atoms with Gasteiger partial charge < -0.3 is 14.6 Å². The first-order valence-corrected chi connectivity index (χ1v) is 10.9. The largest absolute Gasteiger partial charge is 0.508 e. The molecule has 1 atom stereocenters. The van der Waals surface area contributed by atoms with Gasteiger partial charge in [0.25, 0.3) is 0 Å². The minimum atomic E-state index is 0.0538. The second kappa shape index (κ2) is 8.56. The number of phenols is 1. The van der Waals surface area contributed by atoms with Crippen LogP contribution in [-0.4, -0.2) is 30.8 Å². The van der Waals surface area contributed by atoms with Crippen LogP contribution in [0.2, 0.25) is 0 Å². The van der Waals surface area contributed by atoms with Gasteiger partial charge in [-0.2, -0.15) is 0 Å². The first kappa shape index (κ1) is 20.4. The highest BCUT2D eigenvalue weighted by Crippen LogP contribution is 2.42. The van der Waals surface area contributed by atoms with Crippen LogP contribution in [-0.2, 0) is 13.0 Å². The van der Waals surface area contributed by atoms with E-state index in [2.05, 4.69) is 53.4 Å². The molecule has 0 aliphatic carbocycles. The fourth-order valence-corrected chi connectivity index (χ4v) is 4.89. The fourth-order valence-electron chi connectivity index (χ4n) is 4.89. The highest BCUT2D eigenvalue weighted by atomic mass is 16.5. The fraction of sp³-hybridized carbons (Fsp3) is 0.214. The van der Waals surface area contributed by atoms with Gasteiger partial charge in [-0.15, -0.1) is 0 Å². The molecule has 162 valence electrons. The molecule has 0 radical (unpaired) electrons. The minimum Gasteiger partial charge on any atom is -0.508 e. The molecule has 0 fully saturated rings. The van der Waals surface area contributed by atoms with Gasteiger partial charge in [0.15, 0.2) is 11.5 Å². The molecule has 4 aromatic rings. The van der Waals surface area contributed by atoms with Crippen molar-refractivity contribution >= 4 is 10.8 Å². The van der Waals surface area contributed by atoms with Gasteiger partial charge in [-0.1, -0.05) is 60.7 Å². The number of methoxy groups -OCH3 is 2. The molecule has 1 aliphatic rings. The van der Waals surface area contributed by atoms with Crippen LogP contribution in [0, 0.1) is 0 Å². The number of benzene rings is 4. The number of hydrogen-bond donors (Lipinski definition) is 1. The molecule has 0 saturated carbocycles. The van der Waals surface area contributed by atoms with E-state index in [0.717, 1.165) is 40.8 Å². The first-order chi connectivity index (χ1) is 15.7. The summed E-state index contributed by atoms with van der Waals surface area (Å²) in [5, 5.41) is 13.0. The Morgan fingerprint density at radius 1 is 0.875 bits per heavy atom. The maximum Gasteiger partial charge on any atom is 0.161 e. The van der Waals surface area contributed by atoms with Crippen LogP contribution in [0.4, 0.5) is 0 Å². The van der Waals surface area contributed by atoms with Crippen LogP contribution in [0.25, 0.3) is 10.8 Å². The van der Waals surface area contributed by atoms with E-state index < -0.39 is 0 Å². The third-order valence-corrected chi connectivity index (χ3v) is 6.47. The molecule has 0 bridgehead atoms. The van der Waals surface area contributed by atoms with Crippen LogP contribution in [0.5, 0.6) is 17.2 Å². The standard InChI is InChI=1S/C28H27NO3/c1-31-26-16-21-14-15-29(18-24-22-11-7-6-8-19(22)12-13-25(24)30)28(20-9-4-3-5-10-20)23(21)17-27(26)32-2/h3-13,16-17,28,30H,14-15,18H2,1-2H3/t28-/m0/s1. The maximum absolute atomic E-state index is 10.8. The van der Waals surface area contributed by atoms with Gasteiger partial charge >= 0.3 is 0 Å². The summed E-state index contributed by atoms with van der Waals surface area (Å²) >= 11 is 0. The van der Waals surface area contributed by atoms with E-state index in [-0.39, 0.29) is 6.04 Å². The Morgan fingerprint density at radius 3 is 2.38 bits per heavy atom. The zero-order valence-electron chi connectivity index (χ0n) is 18.4. The van der Waals surface area contributed by atoms with E-state index in [1.165, 1.54) is 16.7 Å². The summed E-state index contributed by atoms with van der Waals surface area (Å²) in [5.41, 5.74) is 4.68. The number of ether oxygens (including phenoxy) is 2. The van der Waals surface area contributed by atoms with Crippen molar-refractivity contribution in [2.75, 3.05) is 20.8 Å². The van der Waals surface area contributed by atoms with E-state index in [0.29, 0.717) is 12.3 Å². The molecule has 4 heteroatoms. The summed E-state index contributed by atoms with van der Waals surface area (Å²) in [4.78, 5) is 2.45. The Kier molecular flexibility index (Phi) is 5.46. The lowest BCUT2D eigenvalue weighted by molar-refractivity contribution is 0.202. The molecule has 4 aromatic carbocycles. The molecule has 32 heavy (non-hydrogen) atoms. The van der Waals surface area contributed by atoms with Gasteiger partial charge in [0.05, 0.1) is 20.3 Å². The summed E-state index contributed by atoms with van der Waals surface area (Å²) in [6, 6.07) is 26.9. The molecular weight excluding hydrogens is 398 g/mol. The first-order valence-electron chi connectivity index (χ1n) is 10.9. The van der Waals surface area contributed by atoms with Gasteiger partial charge in [-0.25, -0.2) is 0 Å². The maximum atomic E-state index is 10.8. The number of nitrogens with zero attached hydrogens (tertiary/aromatic N) is 1. The lowest BCUT2D eigenvalue weighted by Gasteiger charge is -2.38. The van der Waals surface area contributed by atoms with Crippen LogP contribution in [0.15, 0.2) is 78.9 Å². The second-order valence-corrected chi connectivity index (χ2v) is 8.22. The van der Waals surface area contributed by atoms with Crippen molar-refractivity contribution in [3.8, 4) is 17.2 Å². The van der Waals surface area contributed by atoms with E-state index >= 15 is 0 Å². The summed E-state index contributed by atoms with van der Waals surface area (Å²) in [7, 11) is 3.36. The molecule has 1 heterocycles. The quantitative estimate of drug-likeness (QED) is 0.445. The Bertz CT molecular complexity index is 1250. The molecule has 0 unspecified atom stereocenters. The third-order valence-electron chi connectivity index (χ3n) is 6.47. The molecule has 0 saturated heterocycles. The second-order valence-electron chi connectivity index (χ2n) is 8.22. The van der Waals surface area contributed by atoms with Crippen molar-refractivity contribution in [3.63, 3.8) is 0 Å². The summed E-state index contributed by atoms with van der Waals surface area (Å²) < 4.78 is 11.2. The van der Waals surface area contributed by atoms with Crippen LogP contribution >= 0.6 is 0 Å². The van der Waals surface area contributed by atoms with Crippen LogP contribution in [0.1, 0.15) is 28.3 Å². The lowest BCUT2D eigenvalue weighted by atomic mass is 9.87. The normalized spacial score (nSPS) is 16.0. The number of fused-ring (bicyclic) bond motifs is 2. The molecule has 1 N–H and O–H groups in total. The SMILES string of the molecule is COc1cc2c(cc1OC)[C@H](c1ccccc1)N(Cc1c(O)ccc3ccccc13)CC2. The van der Waals surface area contributed by atoms with Crippen molar-refractivity contribution in [3.05, 3.63) is 101 Å². The molecule has 4 nitrogen and oxygen atoms in total. The van der Waals surface area contributed by atoms with Crippen molar-refractivity contribution in [2.45, 2.75) is 19.0 Å². The predicted octanol–water partition coefficient (Wildman–Crippen LogP) is 5.71. The van der Waals surface area contributed by atoms with Crippen LogP contribution in [0.3, 0.4) is 0 Å². The van der Waals surface area contributed by atoms with Gasteiger partial charge in [0.1, 0.15) is 5.75 Å². The molecule has 5 rings (SSSR count). The van der Waals surface area contributed by atoms with Crippen molar-refractivity contribution in [1.82, 2.24) is 4.90 Å². The van der Waals surface area contributed by atoms with Crippen molar-refractivity contribution in [1.29, 1.82) is 0 Å². The molecular formula is C28H27NO3. The van der Waals surface area contributed by atoms with Gasteiger partial charge in [0, 0.05) is 18.7 Å². The number of hydrogen-bond acceptors (Lipinski definition) is 4. The molecule has 0 spiro atoms. The van der Waals surface area contributed by atoms with Gasteiger partial charge in [0.2, 0.25) is 0 Å². The van der Waals surface area contributed by atoms with Crippen molar-refractivity contribution in [2.24, 2.45) is 0 Å². The summed E-state index contributed by atoms with van der Waals surface area (Å²) in [5.74, 6) is 1.84. The predicted molar refractivity (Wildman–Crippen MR) is 128 cm³/mol. The topological polar surface area (TPSA) is 41.9 Å². The number of rotatable bonds is 5. The third kappa shape index (κ3) is 3.57.